The predicted molar refractivity (Wildman–Crippen MR) is 80.4 cm³/mol. The van der Waals surface area contributed by atoms with Gasteiger partial charge in [0.25, 0.3) is 0 Å². The van der Waals surface area contributed by atoms with Gasteiger partial charge in [-0.15, -0.1) is 0 Å². The van der Waals surface area contributed by atoms with E-state index >= 15 is 0 Å². The molecule has 3 N–H and O–H groups in total. The van der Waals surface area contributed by atoms with Crippen LogP contribution in [0.3, 0.4) is 0 Å². The first-order valence-electron chi connectivity index (χ1n) is 7.29. The molecule has 0 saturated carbocycles. The van der Waals surface area contributed by atoms with Crippen molar-refractivity contribution in [3.63, 3.8) is 0 Å². The number of hydrogen-bond donors (Lipinski definition) is 3. The summed E-state index contributed by atoms with van der Waals surface area (Å²) in [6, 6.07) is 6.58. The summed E-state index contributed by atoms with van der Waals surface area (Å²) in [6.45, 7) is 7.54. The molecular weight excluding hydrogens is 236 g/mol. The van der Waals surface area contributed by atoms with Gasteiger partial charge in [0.2, 0.25) is 0 Å². The summed E-state index contributed by atoms with van der Waals surface area (Å²) < 4.78 is 0. The molecule has 0 unspecified atom stereocenters. The van der Waals surface area contributed by atoms with Crippen molar-refractivity contribution in [2.45, 2.75) is 39.7 Å². The van der Waals surface area contributed by atoms with Crippen LogP contribution in [-0.4, -0.2) is 24.8 Å². The molecule has 1 aromatic rings. The van der Waals surface area contributed by atoms with Gasteiger partial charge >= 0.3 is 0 Å². The SMILES string of the molecule is CC(C)(CCO)CNCc1cccc2c1NCCC2. The largest absolute Gasteiger partial charge is 0.396 e. The lowest BCUT2D eigenvalue weighted by Gasteiger charge is -2.25. The maximum atomic E-state index is 9.04. The number of anilines is 1. The van der Waals surface area contributed by atoms with Crippen LogP contribution < -0.4 is 10.6 Å². The predicted octanol–water partition coefficient (Wildman–Crippen LogP) is 2.54. The molecule has 0 aromatic heterocycles. The second-order valence-corrected chi connectivity index (χ2v) is 6.22. The Labute approximate surface area is 116 Å². The summed E-state index contributed by atoms with van der Waals surface area (Å²) in [5.74, 6) is 0. The fourth-order valence-electron chi connectivity index (χ4n) is 2.65. The molecule has 0 aliphatic carbocycles. The number of para-hydroxylation sites is 1. The third-order valence-electron chi connectivity index (χ3n) is 3.87. The summed E-state index contributed by atoms with van der Waals surface area (Å²) in [5, 5.41) is 16.1. The fourth-order valence-corrected chi connectivity index (χ4v) is 2.65. The Bertz CT molecular complexity index is 415. The van der Waals surface area contributed by atoms with E-state index in [0.717, 1.165) is 26.1 Å². The lowest BCUT2D eigenvalue weighted by Crippen LogP contribution is -2.30. The van der Waals surface area contributed by atoms with Gasteiger partial charge in [-0.1, -0.05) is 32.0 Å². The number of hydrogen-bond acceptors (Lipinski definition) is 3. The van der Waals surface area contributed by atoms with Gasteiger partial charge in [-0.3, -0.25) is 0 Å². The Morgan fingerprint density at radius 2 is 2.21 bits per heavy atom. The van der Waals surface area contributed by atoms with Gasteiger partial charge in [0.1, 0.15) is 0 Å². The van der Waals surface area contributed by atoms with Crippen LogP contribution in [0.4, 0.5) is 5.69 Å². The average molecular weight is 262 g/mol. The Hall–Kier alpha value is -1.06. The van der Waals surface area contributed by atoms with Crippen molar-refractivity contribution < 1.29 is 5.11 Å². The molecule has 2 rings (SSSR count). The molecule has 19 heavy (non-hydrogen) atoms. The standard InChI is InChI=1S/C16H26N2O/c1-16(2,8-10-19)12-17-11-14-6-3-5-13-7-4-9-18-15(13)14/h3,5-6,17-19H,4,7-12H2,1-2H3. The maximum absolute atomic E-state index is 9.04. The van der Waals surface area contributed by atoms with E-state index in [0.29, 0.717) is 0 Å². The highest BCUT2D eigenvalue weighted by Crippen LogP contribution is 2.26. The molecule has 0 bridgehead atoms. The monoisotopic (exact) mass is 262 g/mol. The van der Waals surface area contributed by atoms with E-state index in [1.54, 1.807) is 0 Å². The second kappa shape index (κ2) is 6.40. The van der Waals surface area contributed by atoms with E-state index < -0.39 is 0 Å². The highest BCUT2D eigenvalue weighted by molar-refractivity contribution is 5.59. The van der Waals surface area contributed by atoms with Crippen molar-refractivity contribution >= 4 is 5.69 Å². The number of aliphatic hydroxyl groups excluding tert-OH is 1. The fraction of sp³-hybridized carbons (Fsp3) is 0.625. The van der Waals surface area contributed by atoms with Crippen LogP contribution in [0.25, 0.3) is 0 Å². The first-order valence-corrected chi connectivity index (χ1v) is 7.29. The van der Waals surface area contributed by atoms with Crippen LogP contribution >= 0.6 is 0 Å². The molecule has 3 heteroatoms. The lowest BCUT2D eigenvalue weighted by atomic mass is 9.89. The van der Waals surface area contributed by atoms with Gasteiger partial charge in [-0.05, 0) is 35.8 Å². The van der Waals surface area contributed by atoms with Gasteiger partial charge in [0, 0.05) is 31.9 Å². The highest BCUT2D eigenvalue weighted by Gasteiger charge is 2.17. The minimum absolute atomic E-state index is 0.150. The maximum Gasteiger partial charge on any atom is 0.0436 e. The first-order chi connectivity index (χ1) is 9.12. The molecule has 1 aliphatic rings. The zero-order valence-electron chi connectivity index (χ0n) is 12.1. The van der Waals surface area contributed by atoms with Crippen molar-refractivity contribution in [3.8, 4) is 0 Å². The van der Waals surface area contributed by atoms with Crippen LogP contribution in [0.15, 0.2) is 18.2 Å². The Balaban J connectivity index is 1.93. The Morgan fingerprint density at radius 1 is 1.37 bits per heavy atom. The molecule has 0 fully saturated rings. The average Bonchev–Trinajstić information content (AvgIpc) is 2.39. The van der Waals surface area contributed by atoms with Crippen LogP contribution in [0.1, 0.15) is 37.8 Å². The third kappa shape index (κ3) is 3.95. The zero-order valence-corrected chi connectivity index (χ0v) is 12.1. The summed E-state index contributed by atoms with van der Waals surface area (Å²) in [4.78, 5) is 0. The van der Waals surface area contributed by atoms with Gasteiger partial charge in [0.15, 0.2) is 0 Å². The molecule has 1 aliphatic heterocycles. The molecule has 3 nitrogen and oxygen atoms in total. The number of fused-ring (bicyclic) bond motifs is 1. The summed E-state index contributed by atoms with van der Waals surface area (Å²) in [7, 11) is 0. The van der Waals surface area contributed by atoms with Crippen molar-refractivity contribution in [3.05, 3.63) is 29.3 Å². The van der Waals surface area contributed by atoms with Crippen molar-refractivity contribution in [2.75, 3.05) is 25.0 Å². The first kappa shape index (κ1) is 14.4. The van der Waals surface area contributed by atoms with E-state index in [2.05, 4.69) is 42.7 Å². The molecule has 0 atom stereocenters. The number of nitrogens with one attached hydrogen (secondary N) is 2. The quantitative estimate of drug-likeness (QED) is 0.738. The van der Waals surface area contributed by atoms with E-state index in [1.165, 1.54) is 29.7 Å². The molecular formula is C16H26N2O. The van der Waals surface area contributed by atoms with Gasteiger partial charge < -0.3 is 15.7 Å². The summed E-state index contributed by atoms with van der Waals surface area (Å²) >= 11 is 0. The Morgan fingerprint density at radius 3 is 3.00 bits per heavy atom. The zero-order chi connectivity index (χ0) is 13.7. The Kier molecular flexibility index (Phi) is 4.83. The summed E-state index contributed by atoms with van der Waals surface area (Å²) in [5.41, 5.74) is 4.29. The van der Waals surface area contributed by atoms with Gasteiger partial charge in [-0.2, -0.15) is 0 Å². The number of rotatable bonds is 6. The molecule has 0 radical (unpaired) electrons. The molecule has 1 heterocycles. The molecule has 0 saturated heterocycles. The second-order valence-electron chi connectivity index (χ2n) is 6.22. The van der Waals surface area contributed by atoms with Crippen molar-refractivity contribution in [2.24, 2.45) is 5.41 Å². The highest BCUT2D eigenvalue weighted by atomic mass is 16.3. The van der Waals surface area contributed by atoms with E-state index in [-0.39, 0.29) is 12.0 Å². The minimum atomic E-state index is 0.150. The molecule has 106 valence electrons. The van der Waals surface area contributed by atoms with Crippen LogP contribution in [0.5, 0.6) is 0 Å². The minimum Gasteiger partial charge on any atom is -0.396 e. The third-order valence-corrected chi connectivity index (χ3v) is 3.87. The van der Waals surface area contributed by atoms with E-state index in [9.17, 15) is 0 Å². The van der Waals surface area contributed by atoms with Crippen LogP contribution in [0.2, 0.25) is 0 Å². The number of aliphatic hydroxyl groups is 1. The molecule has 1 aromatic carbocycles. The van der Waals surface area contributed by atoms with Gasteiger partial charge in [0.05, 0.1) is 0 Å². The smallest absolute Gasteiger partial charge is 0.0436 e. The number of aryl methyl sites for hydroxylation is 1. The lowest BCUT2D eigenvalue weighted by molar-refractivity contribution is 0.207. The normalized spacial score (nSPS) is 14.9. The van der Waals surface area contributed by atoms with E-state index in [4.69, 9.17) is 5.11 Å². The van der Waals surface area contributed by atoms with Crippen LogP contribution in [-0.2, 0) is 13.0 Å². The molecule has 0 spiro atoms. The van der Waals surface area contributed by atoms with Crippen LogP contribution in [0, 0.1) is 5.41 Å². The van der Waals surface area contributed by atoms with Crippen molar-refractivity contribution in [1.29, 1.82) is 0 Å². The van der Waals surface area contributed by atoms with Gasteiger partial charge in [-0.25, -0.2) is 0 Å². The summed E-state index contributed by atoms with van der Waals surface area (Å²) in [6.07, 6.45) is 3.25. The molecule has 0 amide bonds. The van der Waals surface area contributed by atoms with Crippen molar-refractivity contribution in [1.82, 2.24) is 5.32 Å². The number of benzene rings is 1. The van der Waals surface area contributed by atoms with E-state index in [1.807, 2.05) is 0 Å². The topological polar surface area (TPSA) is 44.3 Å².